The number of hydrogen-bond donors (Lipinski definition) is 2. The summed E-state index contributed by atoms with van der Waals surface area (Å²) < 4.78 is 5.99. The molecule has 0 aliphatic rings. The number of hydrogen-bond acceptors (Lipinski definition) is 3. The van der Waals surface area contributed by atoms with Crippen molar-refractivity contribution in [3.63, 3.8) is 0 Å². The number of allylic oxidation sites excluding steroid dienone is 1. The fraction of sp³-hybridized carbons (Fsp3) is 0.200. The minimum atomic E-state index is -0.961. The number of carboxylic acids is 1. The molecule has 178 valence electrons. The van der Waals surface area contributed by atoms with Crippen LogP contribution in [-0.4, -0.2) is 27.9 Å². The number of nitrogens with one attached hydrogen (secondary N) is 1. The number of benzene rings is 3. The standard InChI is InChI=1S/C30H30N2O3/c1-3-5-17-35-26-8-6-7-23(19-26)27(4-2)30(24-14-15-28-25(18-24)20-31-32-28)22-12-9-21(10-13-22)11-16-29(33)34/h6-16,18-20H,3-5,17H2,1-2H3,(H,31,32)(H,33,34)/b16-11+,30-27+. The second kappa shape index (κ2) is 11.3. The van der Waals surface area contributed by atoms with Crippen molar-refractivity contribution in [2.24, 2.45) is 0 Å². The van der Waals surface area contributed by atoms with Gasteiger partial charge in [0.1, 0.15) is 5.75 Å². The summed E-state index contributed by atoms with van der Waals surface area (Å²) in [5.41, 5.74) is 7.46. The van der Waals surface area contributed by atoms with Crippen LogP contribution in [0.25, 0.3) is 28.1 Å². The van der Waals surface area contributed by atoms with E-state index in [2.05, 4.69) is 54.4 Å². The van der Waals surface area contributed by atoms with Crippen molar-refractivity contribution < 1.29 is 14.6 Å². The highest BCUT2D eigenvalue weighted by molar-refractivity contribution is 6.00. The van der Waals surface area contributed by atoms with E-state index in [1.807, 2.05) is 42.6 Å². The van der Waals surface area contributed by atoms with Gasteiger partial charge < -0.3 is 9.84 Å². The van der Waals surface area contributed by atoms with Crippen LogP contribution in [0.2, 0.25) is 0 Å². The first-order valence-electron chi connectivity index (χ1n) is 12.0. The van der Waals surface area contributed by atoms with Crippen LogP contribution in [0.4, 0.5) is 0 Å². The molecule has 0 fully saturated rings. The third kappa shape index (κ3) is 5.87. The lowest BCUT2D eigenvalue weighted by Crippen LogP contribution is -1.98. The maximum atomic E-state index is 10.9. The first kappa shape index (κ1) is 24.0. The van der Waals surface area contributed by atoms with E-state index in [1.54, 1.807) is 6.08 Å². The fourth-order valence-corrected chi connectivity index (χ4v) is 4.17. The number of aromatic nitrogens is 2. The molecule has 1 aromatic heterocycles. The molecular formula is C30H30N2O3. The van der Waals surface area contributed by atoms with Crippen LogP contribution in [0.15, 0.2) is 79.0 Å². The van der Waals surface area contributed by atoms with E-state index in [9.17, 15) is 4.79 Å². The Hall–Kier alpha value is -4.12. The van der Waals surface area contributed by atoms with E-state index in [-0.39, 0.29) is 0 Å². The molecule has 0 aliphatic carbocycles. The SMILES string of the molecule is CCCCOc1cccc(/C(CC)=C(\c2ccc(/C=C/C(=O)O)cc2)c2ccc3[nH]ncc3c2)c1. The minimum Gasteiger partial charge on any atom is -0.494 e. The Bertz CT molecular complexity index is 1360. The highest BCUT2D eigenvalue weighted by Gasteiger charge is 2.15. The lowest BCUT2D eigenvalue weighted by Gasteiger charge is -2.17. The van der Waals surface area contributed by atoms with Gasteiger partial charge in [-0.1, -0.05) is 62.7 Å². The molecule has 4 rings (SSSR count). The molecule has 3 aromatic carbocycles. The van der Waals surface area contributed by atoms with Crippen molar-refractivity contribution in [2.45, 2.75) is 33.1 Å². The van der Waals surface area contributed by atoms with Gasteiger partial charge >= 0.3 is 5.97 Å². The number of aromatic amines is 1. The Labute approximate surface area is 205 Å². The third-order valence-electron chi connectivity index (χ3n) is 5.95. The number of ether oxygens (including phenoxy) is 1. The molecule has 0 atom stereocenters. The summed E-state index contributed by atoms with van der Waals surface area (Å²) in [4.78, 5) is 10.9. The molecular weight excluding hydrogens is 436 g/mol. The molecule has 5 heteroatoms. The fourth-order valence-electron chi connectivity index (χ4n) is 4.17. The summed E-state index contributed by atoms with van der Waals surface area (Å²) in [5.74, 6) is -0.0851. The van der Waals surface area contributed by atoms with Gasteiger partial charge in [0, 0.05) is 11.5 Å². The van der Waals surface area contributed by atoms with E-state index in [1.165, 1.54) is 5.57 Å². The largest absolute Gasteiger partial charge is 0.494 e. The molecule has 0 amide bonds. The highest BCUT2D eigenvalue weighted by atomic mass is 16.5. The number of rotatable bonds is 10. The van der Waals surface area contributed by atoms with Crippen molar-refractivity contribution in [1.82, 2.24) is 10.2 Å². The summed E-state index contributed by atoms with van der Waals surface area (Å²) in [7, 11) is 0. The number of aliphatic carboxylic acids is 1. The zero-order valence-corrected chi connectivity index (χ0v) is 20.1. The van der Waals surface area contributed by atoms with Gasteiger partial charge in [-0.15, -0.1) is 0 Å². The Morgan fingerprint density at radius 2 is 1.80 bits per heavy atom. The predicted octanol–water partition coefficient (Wildman–Crippen LogP) is 7.21. The molecule has 1 heterocycles. The predicted molar refractivity (Wildman–Crippen MR) is 142 cm³/mol. The maximum Gasteiger partial charge on any atom is 0.328 e. The van der Waals surface area contributed by atoms with Gasteiger partial charge in [-0.3, -0.25) is 5.10 Å². The van der Waals surface area contributed by atoms with Gasteiger partial charge in [0.05, 0.1) is 18.3 Å². The topological polar surface area (TPSA) is 75.2 Å². The van der Waals surface area contributed by atoms with Crippen molar-refractivity contribution in [3.8, 4) is 5.75 Å². The van der Waals surface area contributed by atoms with E-state index < -0.39 is 5.97 Å². The normalized spacial score (nSPS) is 12.2. The second-order valence-electron chi connectivity index (χ2n) is 8.40. The maximum absolute atomic E-state index is 10.9. The van der Waals surface area contributed by atoms with Crippen LogP contribution < -0.4 is 4.74 Å². The zero-order valence-electron chi connectivity index (χ0n) is 20.1. The smallest absolute Gasteiger partial charge is 0.328 e. The average molecular weight is 467 g/mol. The van der Waals surface area contributed by atoms with Crippen LogP contribution in [0.3, 0.4) is 0 Å². The molecule has 4 aromatic rings. The van der Waals surface area contributed by atoms with Gasteiger partial charge in [0.25, 0.3) is 0 Å². The first-order chi connectivity index (χ1) is 17.1. The zero-order chi connectivity index (χ0) is 24.6. The van der Waals surface area contributed by atoms with E-state index in [0.29, 0.717) is 6.61 Å². The van der Waals surface area contributed by atoms with Crippen molar-refractivity contribution >= 4 is 34.1 Å². The summed E-state index contributed by atoms with van der Waals surface area (Å²) in [6.07, 6.45) is 7.55. The van der Waals surface area contributed by atoms with Crippen molar-refractivity contribution in [2.75, 3.05) is 6.61 Å². The molecule has 2 N–H and O–H groups in total. The molecule has 35 heavy (non-hydrogen) atoms. The summed E-state index contributed by atoms with van der Waals surface area (Å²) in [5, 5.41) is 17.2. The Morgan fingerprint density at radius 1 is 1.00 bits per heavy atom. The van der Waals surface area contributed by atoms with E-state index in [4.69, 9.17) is 9.84 Å². The number of nitrogens with zero attached hydrogens (tertiary/aromatic N) is 1. The number of fused-ring (bicyclic) bond motifs is 1. The molecule has 0 spiro atoms. The summed E-state index contributed by atoms with van der Waals surface area (Å²) in [6, 6.07) is 22.6. The Kier molecular flexibility index (Phi) is 7.78. The lowest BCUT2D eigenvalue weighted by atomic mass is 9.87. The Morgan fingerprint density at radius 3 is 2.54 bits per heavy atom. The van der Waals surface area contributed by atoms with E-state index in [0.717, 1.165) is 69.8 Å². The van der Waals surface area contributed by atoms with Crippen molar-refractivity contribution in [1.29, 1.82) is 0 Å². The quantitative estimate of drug-likeness (QED) is 0.147. The van der Waals surface area contributed by atoms with Gasteiger partial charge in [-0.25, -0.2) is 4.79 Å². The van der Waals surface area contributed by atoms with Crippen molar-refractivity contribution in [3.05, 3.63) is 101 Å². The third-order valence-corrected chi connectivity index (χ3v) is 5.95. The second-order valence-corrected chi connectivity index (χ2v) is 8.40. The summed E-state index contributed by atoms with van der Waals surface area (Å²) >= 11 is 0. The summed E-state index contributed by atoms with van der Waals surface area (Å²) in [6.45, 7) is 5.03. The molecule has 0 saturated carbocycles. The number of carboxylic acid groups (broad SMARTS) is 1. The molecule has 0 unspecified atom stereocenters. The lowest BCUT2D eigenvalue weighted by molar-refractivity contribution is -0.131. The number of unbranched alkanes of at least 4 members (excludes halogenated alkanes) is 1. The van der Waals surface area contributed by atoms with Crippen LogP contribution in [0.1, 0.15) is 55.4 Å². The first-order valence-corrected chi connectivity index (χ1v) is 12.0. The van der Waals surface area contributed by atoms with Crippen LogP contribution in [-0.2, 0) is 4.79 Å². The van der Waals surface area contributed by atoms with Gasteiger partial charge in [0.2, 0.25) is 0 Å². The van der Waals surface area contributed by atoms with Crippen LogP contribution >= 0.6 is 0 Å². The van der Waals surface area contributed by atoms with E-state index >= 15 is 0 Å². The molecule has 0 aliphatic heterocycles. The Balaban J connectivity index is 1.84. The molecule has 0 saturated heterocycles. The van der Waals surface area contributed by atoms with Gasteiger partial charge in [-0.2, -0.15) is 5.10 Å². The minimum absolute atomic E-state index is 0.709. The highest BCUT2D eigenvalue weighted by Crippen LogP contribution is 2.36. The average Bonchev–Trinajstić information content (AvgIpc) is 3.35. The monoisotopic (exact) mass is 466 g/mol. The number of H-pyrrole nitrogens is 1. The van der Waals surface area contributed by atoms with Gasteiger partial charge in [-0.05, 0) is 76.6 Å². The number of carbonyl (C=O) groups is 1. The molecule has 0 radical (unpaired) electrons. The van der Waals surface area contributed by atoms with Crippen LogP contribution in [0, 0.1) is 0 Å². The molecule has 0 bridgehead atoms. The van der Waals surface area contributed by atoms with Gasteiger partial charge in [0.15, 0.2) is 0 Å². The molecule has 5 nitrogen and oxygen atoms in total. The van der Waals surface area contributed by atoms with Crippen LogP contribution in [0.5, 0.6) is 5.75 Å².